The molecule has 4 aromatic rings. The fourth-order valence-corrected chi connectivity index (χ4v) is 5.40. The van der Waals surface area contributed by atoms with Crippen molar-refractivity contribution in [1.82, 2.24) is 4.98 Å². The zero-order chi connectivity index (χ0) is 26.1. The van der Waals surface area contributed by atoms with E-state index in [1.807, 2.05) is 19.1 Å². The van der Waals surface area contributed by atoms with Gasteiger partial charge in [-0.1, -0.05) is 41.7 Å². The van der Waals surface area contributed by atoms with Gasteiger partial charge in [-0.3, -0.25) is 14.5 Å². The predicted octanol–water partition coefficient (Wildman–Crippen LogP) is 5.34. The summed E-state index contributed by atoms with van der Waals surface area (Å²) in [5, 5.41) is 11.6. The lowest BCUT2D eigenvalue weighted by Crippen LogP contribution is -2.29. The highest BCUT2D eigenvalue weighted by Crippen LogP contribution is 2.47. The summed E-state index contributed by atoms with van der Waals surface area (Å²) in [6.07, 6.45) is 0. The van der Waals surface area contributed by atoms with Crippen LogP contribution >= 0.6 is 11.3 Å². The van der Waals surface area contributed by atoms with Crippen molar-refractivity contribution in [1.29, 1.82) is 0 Å². The molecule has 0 bridgehead atoms. The number of rotatable bonds is 7. The SMILES string of the molecule is CCOc1ccc2nc(N3C(=O)C(=O)/C(=C(/O)c4ccccc4)[C@@H]3c3cc(OC)ccc3OC)sc2c1. The molecule has 9 heteroatoms. The van der Waals surface area contributed by atoms with E-state index in [0.717, 1.165) is 4.70 Å². The maximum absolute atomic E-state index is 13.5. The van der Waals surface area contributed by atoms with E-state index in [4.69, 9.17) is 14.2 Å². The number of anilines is 1. The number of Topliss-reactive ketones (excluding diaryl/α,β-unsaturated/α-hetero) is 1. The molecule has 1 atom stereocenters. The lowest BCUT2D eigenvalue weighted by molar-refractivity contribution is -0.132. The van der Waals surface area contributed by atoms with Gasteiger partial charge in [-0.05, 0) is 43.3 Å². The monoisotopic (exact) mass is 516 g/mol. The molecule has 0 aliphatic carbocycles. The van der Waals surface area contributed by atoms with Crippen molar-refractivity contribution in [2.75, 3.05) is 25.7 Å². The summed E-state index contributed by atoms with van der Waals surface area (Å²) in [5.41, 5.74) is 1.49. The molecule has 0 saturated carbocycles. The van der Waals surface area contributed by atoms with Crippen LogP contribution in [-0.4, -0.2) is 42.6 Å². The Bertz CT molecular complexity index is 1530. The van der Waals surface area contributed by atoms with Crippen LogP contribution in [0, 0.1) is 0 Å². The summed E-state index contributed by atoms with van der Waals surface area (Å²) in [6, 6.07) is 18.2. The van der Waals surface area contributed by atoms with E-state index in [9.17, 15) is 14.7 Å². The standard InChI is InChI=1S/C28H24N2O6S/c1-4-36-18-10-12-20-22(15-18)37-28(29-20)30-24(19-14-17(34-2)11-13-21(19)35-3)23(26(32)27(30)33)25(31)16-8-6-5-7-9-16/h5-15,24,31H,4H2,1-3H3/b25-23+/t24-/m0/s1. The summed E-state index contributed by atoms with van der Waals surface area (Å²) in [6.45, 7) is 2.41. The number of carbonyl (C=O) groups is 2. The Morgan fingerprint density at radius 3 is 2.46 bits per heavy atom. The Morgan fingerprint density at radius 2 is 1.76 bits per heavy atom. The van der Waals surface area contributed by atoms with Crippen molar-refractivity contribution in [3.8, 4) is 17.2 Å². The number of amides is 1. The van der Waals surface area contributed by atoms with E-state index in [1.165, 1.54) is 30.5 Å². The Hall–Kier alpha value is -4.37. The quantitative estimate of drug-likeness (QED) is 0.201. The number of aliphatic hydroxyl groups is 1. The number of fused-ring (bicyclic) bond motifs is 1. The number of benzene rings is 3. The first-order valence-corrected chi connectivity index (χ1v) is 12.4. The summed E-state index contributed by atoms with van der Waals surface area (Å²) in [4.78, 5) is 33.0. The number of thiazole rings is 1. The number of methoxy groups -OCH3 is 2. The third-order valence-electron chi connectivity index (χ3n) is 6.09. The largest absolute Gasteiger partial charge is 0.507 e. The van der Waals surface area contributed by atoms with E-state index < -0.39 is 17.7 Å². The second-order valence-electron chi connectivity index (χ2n) is 8.20. The maximum atomic E-state index is 13.5. The number of nitrogens with zero attached hydrogens (tertiary/aromatic N) is 2. The number of ketones is 1. The van der Waals surface area contributed by atoms with Gasteiger partial charge in [0.05, 0.1) is 36.6 Å². The van der Waals surface area contributed by atoms with E-state index >= 15 is 0 Å². The fourth-order valence-electron chi connectivity index (χ4n) is 4.38. The van der Waals surface area contributed by atoms with Crippen LogP contribution in [0.5, 0.6) is 17.2 Å². The smallest absolute Gasteiger partial charge is 0.301 e. The number of aliphatic hydroxyl groups excluding tert-OH is 1. The molecule has 1 aliphatic heterocycles. The maximum Gasteiger partial charge on any atom is 0.301 e. The second kappa shape index (κ2) is 9.94. The Balaban J connectivity index is 1.75. The molecule has 0 unspecified atom stereocenters. The summed E-state index contributed by atoms with van der Waals surface area (Å²) >= 11 is 1.26. The number of hydrogen-bond acceptors (Lipinski definition) is 8. The molecule has 1 fully saturated rings. The van der Waals surface area contributed by atoms with Crippen molar-refractivity contribution in [2.24, 2.45) is 0 Å². The van der Waals surface area contributed by atoms with Crippen LogP contribution in [0.25, 0.3) is 16.0 Å². The number of ether oxygens (including phenoxy) is 3. The van der Waals surface area contributed by atoms with Crippen molar-refractivity contribution in [3.63, 3.8) is 0 Å². The molecule has 5 rings (SSSR count). The van der Waals surface area contributed by atoms with Crippen LogP contribution in [0.2, 0.25) is 0 Å². The van der Waals surface area contributed by atoms with E-state index in [2.05, 4.69) is 4.98 Å². The molecule has 3 aromatic carbocycles. The molecule has 188 valence electrons. The highest BCUT2D eigenvalue weighted by molar-refractivity contribution is 7.22. The van der Waals surface area contributed by atoms with Crippen LogP contribution in [-0.2, 0) is 9.59 Å². The van der Waals surface area contributed by atoms with Gasteiger partial charge in [-0.15, -0.1) is 0 Å². The van der Waals surface area contributed by atoms with Crippen molar-refractivity contribution in [2.45, 2.75) is 13.0 Å². The summed E-state index contributed by atoms with van der Waals surface area (Å²) in [7, 11) is 3.03. The molecular weight excluding hydrogens is 492 g/mol. The molecule has 2 heterocycles. The van der Waals surface area contributed by atoms with Crippen LogP contribution in [0.15, 0.2) is 72.3 Å². The minimum atomic E-state index is -1.00. The highest BCUT2D eigenvalue weighted by Gasteiger charge is 2.49. The number of carbonyl (C=O) groups excluding carboxylic acids is 2. The van der Waals surface area contributed by atoms with Crippen LogP contribution in [0.4, 0.5) is 5.13 Å². The van der Waals surface area contributed by atoms with Gasteiger partial charge < -0.3 is 19.3 Å². The van der Waals surface area contributed by atoms with Gasteiger partial charge >= 0.3 is 5.91 Å². The average molecular weight is 517 g/mol. The van der Waals surface area contributed by atoms with Crippen LogP contribution in [0.3, 0.4) is 0 Å². The third kappa shape index (κ3) is 4.27. The van der Waals surface area contributed by atoms with Crippen LogP contribution in [0.1, 0.15) is 24.1 Å². The van der Waals surface area contributed by atoms with Crippen molar-refractivity contribution >= 4 is 44.1 Å². The van der Waals surface area contributed by atoms with Gasteiger partial charge in [0.15, 0.2) is 5.13 Å². The Labute approximate surface area is 217 Å². The zero-order valence-corrected chi connectivity index (χ0v) is 21.2. The van der Waals surface area contributed by atoms with Gasteiger partial charge in [-0.2, -0.15) is 0 Å². The van der Waals surface area contributed by atoms with Gasteiger partial charge in [0.1, 0.15) is 29.0 Å². The molecule has 1 aliphatic rings. The van der Waals surface area contributed by atoms with E-state index in [-0.39, 0.29) is 11.3 Å². The molecule has 8 nitrogen and oxygen atoms in total. The number of aromatic nitrogens is 1. The third-order valence-corrected chi connectivity index (χ3v) is 7.11. The molecule has 37 heavy (non-hydrogen) atoms. The molecular formula is C28H24N2O6S. The van der Waals surface area contributed by atoms with Gasteiger partial charge in [0.25, 0.3) is 5.78 Å². The highest BCUT2D eigenvalue weighted by atomic mass is 32.1. The predicted molar refractivity (Wildman–Crippen MR) is 142 cm³/mol. The molecule has 1 aromatic heterocycles. The summed E-state index contributed by atoms with van der Waals surface area (Å²) in [5.74, 6) is -0.275. The number of hydrogen-bond donors (Lipinski definition) is 1. The second-order valence-corrected chi connectivity index (χ2v) is 9.21. The van der Waals surface area contributed by atoms with Crippen molar-refractivity contribution in [3.05, 3.63) is 83.4 Å². The first-order chi connectivity index (χ1) is 18.0. The van der Waals surface area contributed by atoms with E-state index in [0.29, 0.717) is 45.6 Å². The molecule has 0 radical (unpaired) electrons. The average Bonchev–Trinajstić information content (AvgIpc) is 3.46. The minimum absolute atomic E-state index is 0.0583. The van der Waals surface area contributed by atoms with Gasteiger partial charge in [0.2, 0.25) is 0 Å². The van der Waals surface area contributed by atoms with Crippen LogP contribution < -0.4 is 19.1 Å². The fraction of sp³-hybridized carbons (Fsp3) is 0.179. The minimum Gasteiger partial charge on any atom is -0.507 e. The molecule has 0 spiro atoms. The Kier molecular flexibility index (Phi) is 6.54. The topological polar surface area (TPSA) is 98.2 Å². The molecule has 1 N–H and O–H groups in total. The Morgan fingerprint density at radius 1 is 1.00 bits per heavy atom. The lowest BCUT2D eigenvalue weighted by atomic mass is 9.94. The first kappa shape index (κ1) is 24.3. The zero-order valence-electron chi connectivity index (χ0n) is 20.4. The van der Waals surface area contributed by atoms with Crippen molar-refractivity contribution < 1.29 is 28.9 Å². The first-order valence-electron chi connectivity index (χ1n) is 11.6. The molecule has 1 saturated heterocycles. The van der Waals surface area contributed by atoms with Gasteiger partial charge in [0, 0.05) is 11.1 Å². The van der Waals surface area contributed by atoms with E-state index in [1.54, 1.807) is 54.6 Å². The van der Waals surface area contributed by atoms with Gasteiger partial charge in [-0.25, -0.2) is 4.98 Å². The summed E-state index contributed by atoms with van der Waals surface area (Å²) < 4.78 is 17.4. The normalized spacial score (nSPS) is 16.8. The lowest BCUT2D eigenvalue weighted by Gasteiger charge is -2.25. The molecule has 1 amide bonds.